The highest BCUT2D eigenvalue weighted by molar-refractivity contribution is 5.77. The van der Waals surface area contributed by atoms with E-state index in [1.165, 1.54) is 7.11 Å². The lowest BCUT2D eigenvalue weighted by Gasteiger charge is -2.39. The molecule has 4 nitrogen and oxygen atoms in total. The van der Waals surface area contributed by atoms with E-state index in [0.29, 0.717) is 0 Å². The van der Waals surface area contributed by atoms with Crippen molar-refractivity contribution < 1.29 is 9.53 Å². The molecule has 0 saturated carbocycles. The summed E-state index contributed by atoms with van der Waals surface area (Å²) < 4.78 is 5.13. The van der Waals surface area contributed by atoms with Crippen LogP contribution in [0.3, 0.4) is 0 Å². The maximum Gasteiger partial charge on any atom is 0.325 e. The third-order valence-electron chi connectivity index (χ3n) is 4.29. The molecule has 0 saturated heterocycles. The number of ether oxygens (including phenoxy) is 1. The zero-order valence-electron chi connectivity index (χ0n) is 14.6. The first-order valence-corrected chi connectivity index (χ1v) is 8.25. The molecule has 0 N–H and O–H groups in total. The van der Waals surface area contributed by atoms with E-state index in [4.69, 9.17) is 4.74 Å². The lowest BCUT2D eigenvalue weighted by Crippen LogP contribution is -2.51. The largest absolute Gasteiger partial charge is 0.468 e. The highest BCUT2D eigenvalue weighted by atomic mass is 16.5. The molecule has 0 spiro atoms. The lowest BCUT2D eigenvalue weighted by atomic mass is 9.95. The molecule has 4 heteroatoms. The Morgan fingerprint density at radius 1 is 0.955 bits per heavy atom. The normalized spacial score (nSPS) is 14.1. The summed E-state index contributed by atoms with van der Waals surface area (Å²) in [7, 11) is 1.48. The fourth-order valence-electron chi connectivity index (χ4n) is 3.08. The van der Waals surface area contributed by atoms with Crippen molar-refractivity contribution in [1.29, 1.82) is 0 Å². The van der Waals surface area contributed by atoms with Crippen LogP contribution in [0.25, 0.3) is 0 Å². The minimum atomic E-state index is -0.290. The van der Waals surface area contributed by atoms with Gasteiger partial charge in [-0.2, -0.15) is 0 Å². The predicted molar refractivity (Wildman–Crippen MR) is 90.8 cm³/mol. The first-order chi connectivity index (χ1) is 10.6. The first-order valence-electron chi connectivity index (χ1n) is 8.25. The van der Waals surface area contributed by atoms with Gasteiger partial charge in [-0.3, -0.25) is 14.6 Å². The number of carbonyl (C=O) groups excluding carboxylic acids is 1. The average molecular weight is 306 g/mol. The molecule has 0 amide bonds. The van der Waals surface area contributed by atoms with Crippen LogP contribution in [-0.4, -0.2) is 55.1 Å². The number of likely N-dealkylation sites (N-methyl/N-ethyl adjacent to an activating group) is 2. The van der Waals surface area contributed by atoms with Gasteiger partial charge in [0.2, 0.25) is 0 Å². The Morgan fingerprint density at radius 2 is 1.45 bits per heavy atom. The van der Waals surface area contributed by atoms with Crippen molar-refractivity contribution >= 4 is 5.97 Å². The Balaban J connectivity index is 3.33. The second-order valence-corrected chi connectivity index (χ2v) is 5.27. The molecule has 0 aliphatic heterocycles. The molecule has 124 valence electrons. The van der Waals surface area contributed by atoms with Gasteiger partial charge in [0.25, 0.3) is 0 Å². The molecule has 1 rings (SSSR count). The van der Waals surface area contributed by atoms with Crippen molar-refractivity contribution in [1.82, 2.24) is 9.80 Å². The van der Waals surface area contributed by atoms with Gasteiger partial charge in [-0.1, -0.05) is 58.0 Å². The summed E-state index contributed by atoms with van der Waals surface area (Å²) in [4.78, 5) is 17.0. The summed E-state index contributed by atoms with van der Waals surface area (Å²) in [5.74, 6) is -0.163. The standard InChI is InChI=1S/C18H30N2O2/c1-6-19(7-2)16(15-13-11-10-12-14-15)17(18(21)22-5)20(8-3)9-4/h10-14,16-17H,6-9H2,1-5H3/t16-,17-/m0/s1. The molecular weight excluding hydrogens is 276 g/mol. The van der Waals surface area contributed by atoms with Crippen molar-refractivity contribution in [2.45, 2.75) is 39.8 Å². The topological polar surface area (TPSA) is 32.8 Å². The lowest BCUT2D eigenvalue weighted by molar-refractivity contribution is -0.150. The quantitative estimate of drug-likeness (QED) is 0.657. The Kier molecular flexibility index (Phi) is 8.13. The minimum Gasteiger partial charge on any atom is -0.468 e. The van der Waals surface area contributed by atoms with Gasteiger partial charge in [0.15, 0.2) is 0 Å². The Morgan fingerprint density at radius 3 is 1.86 bits per heavy atom. The smallest absolute Gasteiger partial charge is 0.325 e. The number of hydrogen-bond acceptors (Lipinski definition) is 4. The van der Waals surface area contributed by atoms with E-state index in [1.54, 1.807) is 0 Å². The second-order valence-electron chi connectivity index (χ2n) is 5.27. The number of nitrogens with zero attached hydrogens (tertiary/aromatic N) is 2. The van der Waals surface area contributed by atoms with E-state index in [0.717, 1.165) is 31.7 Å². The van der Waals surface area contributed by atoms with Crippen LogP contribution in [-0.2, 0) is 9.53 Å². The van der Waals surface area contributed by atoms with E-state index in [1.807, 2.05) is 18.2 Å². The Bertz CT molecular complexity index is 428. The zero-order chi connectivity index (χ0) is 16.5. The van der Waals surface area contributed by atoms with Crippen LogP contribution in [0.15, 0.2) is 30.3 Å². The van der Waals surface area contributed by atoms with Crippen LogP contribution >= 0.6 is 0 Å². The third kappa shape index (κ3) is 4.31. The Hall–Kier alpha value is -1.39. The van der Waals surface area contributed by atoms with Crippen LogP contribution in [0, 0.1) is 0 Å². The number of hydrogen-bond donors (Lipinski definition) is 0. The molecule has 0 aliphatic rings. The molecule has 22 heavy (non-hydrogen) atoms. The zero-order valence-corrected chi connectivity index (χ0v) is 14.6. The molecule has 0 radical (unpaired) electrons. The monoisotopic (exact) mass is 306 g/mol. The molecule has 0 heterocycles. The number of rotatable bonds is 9. The van der Waals surface area contributed by atoms with E-state index < -0.39 is 0 Å². The van der Waals surface area contributed by atoms with Crippen LogP contribution in [0.4, 0.5) is 0 Å². The maximum atomic E-state index is 12.5. The molecule has 0 aromatic heterocycles. The maximum absolute atomic E-state index is 12.5. The van der Waals surface area contributed by atoms with Crippen LogP contribution in [0.1, 0.15) is 39.3 Å². The number of carbonyl (C=O) groups is 1. The molecule has 0 bridgehead atoms. The highest BCUT2D eigenvalue weighted by Crippen LogP contribution is 2.28. The van der Waals surface area contributed by atoms with Gasteiger partial charge < -0.3 is 4.74 Å². The van der Waals surface area contributed by atoms with E-state index in [2.05, 4.69) is 49.6 Å². The molecular formula is C18H30N2O2. The van der Waals surface area contributed by atoms with Crippen molar-refractivity contribution in [2.75, 3.05) is 33.3 Å². The third-order valence-corrected chi connectivity index (χ3v) is 4.29. The van der Waals surface area contributed by atoms with Gasteiger partial charge >= 0.3 is 5.97 Å². The van der Waals surface area contributed by atoms with Crippen LogP contribution in [0.5, 0.6) is 0 Å². The average Bonchev–Trinajstić information content (AvgIpc) is 2.58. The number of methoxy groups -OCH3 is 1. The van der Waals surface area contributed by atoms with Gasteiger partial charge in [-0.25, -0.2) is 0 Å². The molecule has 2 atom stereocenters. The van der Waals surface area contributed by atoms with Crippen molar-refractivity contribution in [3.8, 4) is 0 Å². The van der Waals surface area contributed by atoms with Crippen molar-refractivity contribution in [3.63, 3.8) is 0 Å². The fourth-order valence-corrected chi connectivity index (χ4v) is 3.08. The Labute approximate surface area is 135 Å². The summed E-state index contributed by atoms with van der Waals surface area (Å²) >= 11 is 0. The number of benzene rings is 1. The van der Waals surface area contributed by atoms with Crippen molar-refractivity contribution in [3.05, 3.63) is 35.9 Å². The second kappa shape index (κ2) is 9.59. The van der Waals surface area contributed by atoms with Gasteiger partial charge in [0.05, 0.1) is 13.2 Å². The van der Waals surface area contributed by atoms with E-state index in [-0.39, 0.29) is 18.1 Å². The van der Waals surface area contributed by atoms with Gasteiger partial charge in [0.1, 0.15) is 6.04 Å². The first kappa shape index (κ1) is 18.7. The van der Waals surface area contributed by atoms with Gasteiger partial charge in [0, 0.05) is 0 Å². The molecule has 0 unspecified atom stereocenters. The van der Waals surface area contributed by atoms with E-state index >= 15 is 0 Å². The number of esters is 1. The minimum absolute atomic E-state index is 0.00329. The van der Waals surface area contributed by atoms with Crippen LogP contribution < -0.4 is 0 Å². The summed E-state index contributed by atoms with van der Waals surface area (Å²) in [6.45, 7) is 11.9. The summed E-state index contributed by atoms with van der Waals surface area (Å²) in [5, 5.41) is 0. The van der Waals surface area contributed by atoms with E-state index in [9.17, 15) is 4.79 Å². The summed E-state index contributed by atoms with van der Waals surface area (Å²) in [6.07, 6.45) is 0. The van der Waals surface area contributed by atoms with Gasteiger partial charge in [-0.05, 0) is 31.7 Å². The summed E-state index contributed by atoms with van der Waals surface area (Å²) in [6, 6.07) is 9.98. The highest BCUT2D eigenvalue weighted by Gasteiger charge is 2.37. The molecule has 0 fully saturated rings. The molecule has 0 aliphatic carbocycles. The van der Waals surface area contributed by atoms with Crippen molar-refractivity contribution in [2.24, 2.45) is 0 Å². The molecule has 1 aromatic rings. The molecule has 1 aromatic carbocycles. The van der Waals surface area contributed by atoms with Crippen LogP contribution in [0.2, 0.25) is 0 Å². The predicted octanol–water partition coefficient (Wildman–Crippen LogP) is 2.95. The van der Waals surface area contributed by atoms with Gasteiger partial charge in [-0.15, -0.1) is 0 Å². The fraction of sp³-hybridized carbons (Fsp3) is 0.611. The summed E-state index contributed by atoms with van der Waals surface area (Å²) in [5.41, 5.74) is 1.16. The SMILES string of the molecule is CCN(CC)[C@H](C(=O)OC)[C@H](c1ccccc1)N(CC)CC.